The van der Waals surface area contributed by atoms with Gasteiger partial charge in [0.15, 0.2) is 5.82 Å². The van der Waals surface area contributed by atoms with Crippen molar-refractivity contribution in [3.63, 3.8) is 0 Å². The zero-order valence-corrected chi connectivity index (χ0v) is 9.56. The summed E-state index contributed by atoms with van der Waals surface area (Å²) in [6.07, 6.45) is 1.04. The molecular formula is C12H14FN3O. The lowest BCUT2D eigenvalue weighted by atomic mass is 10.1. The first-order valence-electron chi connectivity index (χ1n) is 5.52. The molecule has 0 saturated heterocycles. The van der Waals surface area contributed by atoms with E-state index in [9.17, 15) is 4.39 Å². The molecule has 17 heavy (non-hydrogen) atoms. The largest absolute Gasteiger partial charge is 0.338 e. The van der Waals surface area contributed by atoms with E-state index >= 15 is 0 Å². The van der Waals surface area contributed by atoms with Crippen LogP contribution >= 0.6 is 0 Å². The van der Waals surface area contributed by atoms with Crippen molar-refractivity contribution in [2.45, 2.75) is 25.8 Å². The Morgan fingerprint density at radius 3 is 2.88 bits per heavy atom. The van der Waals surface area contributed by atoms with Crippen LogP contribution in [0.2, 0.25) is 0 Å². The molecule has 0 amide bonds. The molecule has 0 aliphatic carbocycles. The molecule has 0 fully saturated rings. The molecule has 1 aromatic heterocycles. The molecule has 2 N–H and O–H groups in total. The third-order valence-corrected chi connectivity index (χ3v) is 2.55. The van der Waals surface area contributed by atoms with Gasteiger partial charge in [-0.3, -0.25) is 0 Å². The summed E-state index contributed by atoms with van der Waals surface area (Å²) in [4.78, 5) is 4.15. The molecule has 5 heteroatoms. The molecule has 4 nitrogen and oxygen atoms in total. The number of benzene rings is 1. The van der Waals surface area contributed by atoms with E-state index in [0.29, 0.717) is 23.7 Å². The summed E-state index contributed by atoms with van der Waals surface area (Å²) >= 11 is 0. The minimum absolute atomic E-state index is 0.253. The topological polar surface area (TPSA) is 64.9 Å². The average molecular weight is 235 g/mol. The molecule has 0 aliphatic heterocycles. The molecule has 1 heterocycles. The fourth-order valence-electron chi connectivity index (χ4n) is 1.48. The smallest absolute Gasteiger partial charge is 0.243 e. The maximum Gasteiger partial charge on any atom is 0.243 e. The Kier molecular flexibility index (Phi) is 3.49. The first kappa shape index (κ1) is 11.7. The van der Waals surface area contributed by atoms with Gasteiger partial charge in [-0.2, -0.15) is 4.98 Å². The fraction of sp³-hybridized carbons (Fsp3) is 0.333. The summed E-state index contributed by atoms with van der Waals surface area (Å²) in [6, 6.07) is 6.28. The van der Waals surface area contributed by atoms with Crippen LogP contribution in [0, 0.1) is 5.82 Å². The third kappa shape index (κ3) is 2.68. The van der Waals surface area contributed by atoms with Gasteiger partial charge >= 0.3 is 0 Å². The van der Waals surface area contributed by atoms with Gasteiger partial charge in [0, 0.05) is 6.42 Å². The Bertz CT molecular complexity index is 498. The van der Waals surface area contributed by atoms with Gasteiger partial charge in [0.2, 0.25) is 5.89 Å². The predicted molar refractivity (Wildman–Crippen MR) is 60.7 cm³/mol. The van der Waals surface area contributed by atoms with E-state index in [2.05, 4.69) is 10.1 Å². The SMILES string of the molecule is CC[C@@H](N)c1nc(Cc2ccccc2F)no1. The van der Waals surface area contributed by atoms with Crippen molar-refractivity contribution < 1.29 is 8.91 Å². The highest BCUT2D eigenvalue weighted by Crippen LogP contribution is 2.14. The summed E-state index contributed by atoms with van der Waals surface area (Å²) < 4.78 is 18.4. The highest BCUT2D eigenvalue weighted by molar-refractivity contribution is 5.20. The van der Waals surface area contributed by atoms with Crippen LogP contribution in [-0.2, 0) is 6.42 Å². The molecule has 1 aromatic carbocycles. The quantitative estimate of drug-likeness (QED) is 0.882. The molecular weight excluding hydrogens is 221 g/mol. The highest BCUT2D eigenvalue weighted by atomic mass is 19.1. The molecule has 2 aromatic rings. The molecule has 1 atom stereocenters. The van der Waals surface area contributed by atoms with Crippen LogP contribution in [0.25, 0.3) is 0 Å². The highest BCUT2D eigenvalue weighted by Gasteiger charge is 2.13. The van der Waals surface area contributed by atoms with Gasteiger partial charge in [-0.05, 0) is 18.1 Å². The van der Waals surface area contributed by atoms with Gasteiger partial charge in [0.05, 0.1) is 6.04 Å². The van der Waals surface area contributed by atoms with E-state index in [-0.39, 0.29) is 11.9 Å². The molecule has 0 saturated carbocycles. The van der Waals surface area contributed by atoms with Gasteiger partial charge in [0.1, 0.15) is 5.82 Å². The van der Waals surface area contributed by atoms with E-state index in [1.807, 2.05) is 6.92 Å². The Balaban J connectivity index is 2.14. The number of aromatic nitrogens is 2. The van der Waals surface area contributed by atoms with Crippen molar-refractivity contribution in [1.29, 1.82) is 0 Å². The lowest BCUT2D eigenvalue weighted by Gasteiger charge is -1.99. The summed E-state index contributed by atoms with van der Waals surface area (Å²) in [5.41, 5.74) is 6.31. The zero-order chi connectivity index (χ0) is 12.3. The second-order valence-electron chi connectivity index (χ2n) is 3.83. The molecule has 0 radical (unpaired) electrons. The monoisotopic (exact) mass is 235 g/mol. The standard InChI is InChI=1S/C12H14FN3O/c1-2-10(14)12-15-11(16-17-12)7-8-5-3-4-6-9(8)13/h3-6,10H,2,7,14H2,1H3/t10-/m1/s1. The first-order valence-corrected chi connectivity index (χ1v) is 5.52. The lowest BCUT2D eigenvalue weighted by molar-refractivity contribution is 0.348. The summed E-state index contributed by atoms with van der Waals surface area (Å²) in [7, 11) is 0. The van der Waals surface area contributed by atoms with Crippen LogP contribution in [0.1, 0.15) is 36.7 Å². The first-order chi connectivity index (χ1) is 8.20. The summed E-state index contributed by atoms with van der Waals surface area (Å²) in [6.45, 7) is 1.94. The predicted octanol–water partition coefficient (Wildman–Crippen LogP) is 2.21. The number of nitrogens with two attached hydrogens (primary N) is 1. The van der Waals surface area contributed by atoms with E-state index in [0.717, 1.165) is 6.42 Å². The van der Waals surface area contributed by atoms with Gasteiger partial charge in [-0.1, -0.05) is 30.3 Å². The van der Waals surface area contributed by atoms with E-state index in [1.165, 1.54) is 6.07 Å². The average Bonchev–Trinajstić information content (AvgIpc) is 2.80. The molecule has 90 valence electrons. The molecule has 0 unspecified atom stereocenters. The van der Waals surface area contributed by atoms with Crippen molar-refractivity contribution in [1.82, 2.24) is 10.1 Å². The minimum Gasteiger partial charge on any atom is -0.338 e. The van der Waals surface area contributed by atoms with Gasteiger partial charge in [-0.25, -0.2) is 4.39 Å². The Morgan fingerprint density at radius 2 is 2.18 bits per heavy atom. The van der Waals surface area contributed by atoms with Crippen molar-refractivity contribution in [2.24, 2.45) is 5.73 Å². The van der Waals surface area contributed by atoms with E-state index in [4.69, 9.17) is 10.3 Å². The second kappa shape index (κ2) is 5.05. The summed E-state index contributed by atoms with van der Waals surface area (Å²) in [5, 5.41) is 3.79. The van der Waals surface area contributed by atoms with Crippen LogP contribution in [0.5, 0.6) is 0 Å². The Hall–Kier alpha value is -1.75. The molecule has 2 rings (SSSR count). The maximum atomic E-state index is 13.4. The maximum absolute atomic E-state index is 13.4. The second-order valence-corrected chi connectivity index (χ2v) is 3.83. The number of hydrogen-bond acceptors (Lipinski definition) is 4. The normalized spacial score (nSPS) is 12.6. The van der Waals surface area contributed by atoms with Crippen LogP contribution in [0.4, 0.5) is 4.39 Å². The van der Waals surface area contributed by atoms with Gasteiger partial charge < -0.3 is 10.3 Å². The lowest BCUT2D eigenvalue weighted by Crippen LogP contribution is -2.09. The number of halogens is 1. The number of hydrogen-bond donors (Lipinski definition) is 1. The minimum atomic E-state index is -0.265. The number of rotatable bonds is 4. The molecule has 0 spiro atoms. The molecule has 0 aliphatic rings. The van der Waals surface area contributed by atoms with Gasteiger partial charge in [-0.15, -0.1) is 0 Å². The van der Waals surface area contributed by atoms with Crippen LogP contribution < -0.4 is 5.73 Å². The summed E-state index contributed by atoms with van der Waals surface area (Å²) in [5.74, 6) is 0.589. The van der Waals surface area contributed by atoms with E-state index in [1.54, 1.807) is 18.2 Å². The Morgan fingerprint density at radius 1 is 1.41 bits per heavy atom. The fourth-order valence-corrected chi connectivity index (χ4v) is 1.48. The zero-order valence-electron chi connectivity index (χ0n) is 9.56. The van der Waals surface area contributed by atoms with Crippen molar-refractivity contribution in [3.8, 4) is 0 Å². The van der Waals surface area contributed by atoms with Crippen LogP contribution in [0.15, 0.2) is 28.8 Å². The van der Waals surface area contributed by atoms with Crippen LogP contribution in [-0.4, -0.2) is 10.1 Å². The Labute approximate surface area is 98.6 Å². The van der Waals surface area contributed by atoms with Crippen molar-refractivity contribution in [3.05, 3.63) is 47.4 Å². The van der Waals surface area contributed by atoms with Gasteiger partial charge in [0.25, 0.3) is 0 Å². The van der Waals surface area contributed by atoms with Crippen molar-refractivity contribution >= 4 is 0 Å². The number of nitrogens with zero attached hydrogens (tertiary/aromatic N) is 2. The van der Waals surface area contributed by atoms with E-state index < -0.39 is 0 Å². The van der Waals surface area contributed by atoms with Crippen molar-refractivity contribution in [2.75, 3.05) is 0 Å². The molecule has 0 bridgehead atoms. The third-order valence-electron chi connectivity index (χ3n) is 2.55. The van der Waals surface area contributed by atoms with Crippen LogP contribution in [0.3, 0.4) is 0 Å².